The Morgan fingerprint density at radius 2 is 1.85 bits per heavy atom. The van der Waals surface area contributed by atoms with E-state index in [4.69, 9.17) is 4.98 Å². The number of pyridine rings is 1. The lowest BCUT2D eigenvalue weighted by molar-refractivity contribution is -0.146. The topological polar surface area (TPSA) is 100 Å². The van der Waals surface area contributed by atoms with Crippen LogP contribution >= 0.6 is 11.3 Å². The SMILES string of the molecule is CC(C)n1ncc2c(C(=O)N3CCN(C(=O)C(=O)NC4CC4)CC3)cc(-c3cccs3)nc21. The highest BCUT2D eigenvalue weighted by Gasteiger charge is 2.32. The van der Waals surface area contributed by atoms with Gasteiger partial charge in [0, 0.05) is 38.3 Å². The van der Waals surface area contributed by atoms with E-state index < -0.39 is 11.8 Å². The van der Waals surface area contributed by atoms with Gasteiger partial charge >= 0.3 is 11.8 Å². The third-order valence-corrected chi connectivity index (χ3v) is 6.91. The van der Waals surface area contributed by atoms with Gasteiger partial charge in [-0.3, -0.25) is 14.4 Å². The lowest BCUT2D eigenvalue weighted by atomic mass is 10.1. The zero-order chi connectivity index (χ0) is 23.1. The number of carbonyl (C=O) groups is 3. The molecule has 0 aromatic carbocycles. The smallest absolute Gasteiger partial charge is 0.312 e. The molecule has 1 saturated heterocycles. The van der Waals surface area contributed by atoms with Crippen molar-refractivity contribution in [3.63, 3.8) is 0 Å². The molecule has 3 aromatic heterocycles. The van der Waals surface area contributed by atoms with Crippen LogP contribution in [0.4, 0.5) is 0 Å². The van der Waals surface area contributed by atoms with E-state index in [0.717, 1.165) is 28.8 Å². The first-order valence-electron chi connectivity index (χ1n) is 11.2. The highest BCUT2D eigenvalue weighted by atomic mass is 32.1. The second-order valence-corrected chi connectivity index (χ2v) is 9.73. The Labute approximate surface area is 195 Å². The molecule has 4 heterocycles. The maximum Gasteiger partial charge on any atom is 0.312 e. The Balaban J connectivity index is 1.38. The van der Waals surface area contributed by atoms with Crippen molar-refractivity contribution in [2.75, 3.05) is 26.2 Å². The van der Waals surface area contributed by atoms with Gasteiger partial charge in [0.05, 0.1) is 27.7 Å². The van der Waals surface area contributed by atoms with E-state index in [1.807, 2.05) is 42.1 Å². The molecule has 9 nitrogen and oxygen atoms in total. The Morgan fingerprint density at radius 1 is 1.12 bits per heavy atom. The van der Waals surface area contributed by atoms with Gasteiger partial charge in [-0.2, -0.15) is 5.10 Å². The number of amides is 3. The molecule has 2 aliphatic rings. The van der Waals surface area contributed by atoms with Gasteiger partial charge in [-0.1, -0.05) is 6.07 Å². The summed E-state index contributed by atoms with van der Waals surface area (Å²) in [6, 6.07) is 6.03. The zero-order valence-corrected chi connectivity index (χ0v) is 19.5. The lowest BCUT2D eigenvalue weighted by Crippen LogP contribution is -2.54. The molecule has 0 spiro atoms. The van der Waals surface area contributed by atoms with Gasteiger partial charge in [0.25, 0.3) is 5.91 Å². The summed E-state index contributed by atoms with van der Waals surface area (Å²) >= 11 is 1.57. The van der Waals surface area contributed by atoms with Crippen molar-refractivity contribution in [2.24, 2.45) is 0 Å². The third-order valence-electron chi connectivity index (χ3n) is 6.02. The predicted octanol–water partition coefficient (Wildman–Crippen LogP) is 2.30. The minimum Gasteiger partial charge on any atom is -0.345 e. The molecule has 3 amide bonds. The number of piperazine rings is 1. The number of nitrogens with zero attached hydrogens (tertiary/aromatic N) is 5. The minimum atomic E-state index is -0.546. The molecule has 0 unspecified atom stereocenters. The number of carbonyl (C=O) groups excluding carboxylic acids is 3. The third kappa shape index (κ3) is 4.22. The summed E-state index contributed by atoms with van der Waals surface area (Å²) in [6.07, 6.45) is 3.57. The number of hydrogen-bond acceptors (Lipinski definition) is 6. The molecule has 0 radical (unpaired) electrons. The van der Waals surface area contributed by atoms with Gasteiger partial charge in [0.2, 0.25) is 0 Å². The zero-order valence-electron chi connectivity index (χ0n) is 18.7. The molecule has 3 aromatic rings. The van der Waals surface area contributed by atoms with Crippen LogP contribution in [0.2, 0.25) is 0 Å². The van der Waals surface area contributed by atoms with E-state index in [2.05, 4.69) is 10.4 Å². The van der Waals surface area contributed by atoms with Gasteiger partial charge in [-0.15, -0.1) is 11.3 Å². The Kier molecular flexibility index (Phi) is 5.61. The molecular formula is C23H26N6O3S. The number of aromatic nitrogens is 3. The average molecular weight is 467 g/mol. The van der Waals surface area contributed by atoms with E-state index in [1.54, 1.807) is 22.4 Å². The number of rotatable bonds is 4. The Morgan fingerprint density at radius 3 is 2.48 bits per heavy atom. The van der Waals surface area contributed by atoms with Crippen molar-refractivity contribution in [3.8, 4) is 10.6 Å². The second-order valence-electron chi connectivity index (χ2n) is 8.78. The van der Waals surface area contributed by atoms with Crippen LogP contribution in [0.5, 0.6) is 0 Å². The maximum absolute atomic E-state index is 13.6. The number of hydrogen-bond donors (Lipinski definition) is 1. The molecule has 0 bridgehead atoms. The quantitative estimate of drug-likeness (QED) is 0.595. The van der Waals surface area contributed by atoms with Crippen molar-refractivity contribution in [1.29, 1.82) is 0 Å². The summed E-state index contributed by atoms with van der Waals surface area (Å²) in [7, 11) is 0. The largest absolute Gasteiger partial charge is 0.345 e. The normalized spacial score (nSPS) is 16.5. The van der Waals surface area contributed by atoms with Crippen LogP contribution in [0, 0.1) is 0 Å². The summed E-state index contributed by atoms with van der Waals surface area (Å²) in [5.41, 5.74) is 1.99. The molecular weight excluding hydrogens is 440 g/mol. The molecule has 1 aliphatic carbocycles. The monoisotopic (exact) mass is 466 g/mol. The number of thiophene rings is 1. The summed E-state index contributed by atoms with van der Waals surface area (Å²) in [5, 5.41) is 9.92. The van der Waals surface area contributed by atoms with E-state index in [0.29, 0.717) is 37.4 Å². The van der Waals surface area contributed by atoms with Crippen LogP contribution in [0.1, 0.15) is 43.1 Å². The van der Waals surface area contributed by atoms with E-state index in [1.165, 1.54) is 4.90 Å². The molecule has 5 rings (SSSR count). The van der Waals surface area contributed by atoms with Crippen LogP contribution in [0.25, 0.3) is 21.6 Å². The fourth-order valence-corrected chi connectivity index (χ4v) is 4.71. The summed E-state index contributed by atoms with van der Waals surface area (Å²) < 4.78 is 1.83. The van der Waals surface area contributed by atoms with Crippen molar-refractivity contribution in [3.05, 3.63) is 35.3 Å². The van der Waals surface area contributed by atoms with Crippen LogP contribution in [-0.2, 0) is 9.59 Å². The van der Waals surface area contributed by atoms with Crippen LogP contribution in [0.15, 0.2) is 29.8 Å². The predicted molar refractivity (Wildman–Crippen MR) is 125 cm³/mol. The van der Waals surface area contributed by atoms with Gasteiger partial charge < -0.3 is 15.1 Å². The Hall–Kier alpha value is -3.27. The highest BCUT2D eigenvalue weighted by molar-refractivity contribution is 7.13. The lowest BCUT2D eigenvalue weighted by Gasteiger charge is -2.34. The molecule has 33 heavy (non-hydrogen) atoms. The molecule has 0 atom stereocenters. The number of nitrogens with one attached hydrogen (secondary N) is 1. The first-order chi connectivity index (χ1) is 15.9. The summed E-state index contributed by atoms with van der Waals surface area (Å²) in [5.74, 6) is -1.17. The fourth-order valence-electron chi connectivity index (χ4n) is 4.02. The van der Waals surface area contributed by atoms with Gasteiger partial charge in [0.1, 0.15) is 0 Å². The summed E-state index contributed by atoms with van der Waals surface area (Å²) in [6.45, 7) is 5.47. The van der Waals surface area contributed by atoms with Crippen LogP contribution in [0.3, 0.4) is 0 Å². The summed E-state index contributed by atoms with van der Waals surface area (Å²) in [4.78, 5) is 47.1. The van der Waals surface area contributed by atoms with Gasteiger partial charge in [-0.25, -0.2) is 9.67 Å². The molecule has 1 aliphatic heterocycles. The van der Waals surface area contributed by atoms with E-state index in [9.17, 15) is 14.4 Å². The van der Waals surface area contributed by atoms with Crippen molar-refractivity contribution < 1.29 is 14.4 Å². The van der Waals surface area contributed by atoms with Gasteiger partial charge in [0.15, 0.2) is 5.65 Å². The van der Waals surface area contributed by atoms with Crippen LogP contribution < -0.4 is 5.32 Å². The fraction of sp³-hybridized carbons (Fsp3) is 0.435. The molecule has 172 valence electrons. The van der Waals surface area contributed by atoms with Gasteiger partial charge in [-0.05, 0) is 44.2 Å². The molecule has 10 heteroatoms. The standard InChI is InChI=1S/C23H26N6O3S/c1-14(2)29-20-17(13-24-29)16(12-18(26-20)19-4-3-11-33-19)22(31)27-7-9-28(10-8-27)23(32)21(30)25-15-5-6-15/h3-4,11-15H,5-10H2,1-2H3,(H,25,30). The first-order valence-corrected chi connectivity index (χ1v) is 12.1. The highest BCUT2D eigenvalue weighted by Crippen LogP contribution is 2.29. The van der Waals surface area contributed by atoms with Crippen LogP contribution in [-0.4, -0.2) is 74.5 Å². The second kappa shape index (κ2) is 8.58. The van der Waals surface area contributed by atoms with Crippen molar-refractivity contribution in [1.82, 2.24) is 29.9 Å². The molecule has 1 saturated carbocycles. The maximum atomic E-state index is 13.6. The number of fused-ring (bicyclic) bond motifs is 1. The molecule has 1 N–H and O–H groups in total. The molecule has 2 fully saturated rings. The van der Waals surface area contributed by atoms with Crippen molar-refractivity contribution in [2.45, 2.75) is 38.8 Å². The van der Waals surface area contributed by atoms with E-state index in [-0.39, 0.29) is 18.0 Å². The average Bonchev–Trinajstić information content (AvgIpc) is 3.28. The Bertz CT molecular complexity index is 1210. The van der Waals surface area contributed by atoms with Crippen molar-refractivity contribution >= 4 is 40.1 Å². The minimum absolute atomic E-state index is 0.105. The first kappa shape index (κ1) is 21.6. The van der Waals surface area contributed by atoms with E-state index >= 15 is 0 Å².